The van der Waals surface area contributed by atoms with Crippen LogP contribution in [0.3, 0.4) is 0 Å². The van der Waals surface area contributed by atoms with E-state index in [9.17, 15) is 0 Å². The van der Waals surface area contributed by atoms with Crippen molar-refractivity contribution in [3.05, 3.63) is 52.7 Å². The van der Waals surface area contributed by atoms with Gasteiger partial charge in [0, 0.05) is 17.8 Å². The predicted octanol–water partition coefficient (Wildman–Crippen LogP) is 3.82. The molecule has 4 heteroatoms. The Morgan fingerprint density at radius 3 is 2.42 bits per heavy atom. The van der Waals surface area contributed by atoms with Crippen LogP contribution in [-0.2, 0) is 0 Å². The van der Waals surface area contributed by atoms with E-state index in [1.807, 2.05) is 50.4 Å². The van der Waals surface area contributed by atoms with Gasteiger partial charge in [0.25, 0.3) is 0 Å². The number of rotatable bonds is 3. The van der Waals surface area contributed by atoms with Gasteiger partial charge in [-0.3, -0.25) is 0 Å². The minimum Gasteiger partial charge on any atom is -0.396 e. The average Bonchev–Trinajstić information content (AvgIpc) is 2.41. The molecule has 0 radical (unpaired) electrons. The van der Waals surface area contributed by atoms with E-state index >= 15 is 0 Å². The van der Waals surface area contributed by atoms with Crippen LogP contribution in [0, 0.1) is 6.92 Å². The summed E-state index contributed by atoms with van der Waals surface area (Å²) in [5.41, 5.74) is 8.83. The Kier molecular flexibility index (Phi) is 3.96. The summed E-state index contributed by atoms with van der Waals surface area (Å²) in [5, 5.41) is 0.742. The molecule has 2 aromatic rings. The van der Waals surface area contributed by atoms with E-state index in [2.05, 4.69) is 16.8 Å². The van der Waals surface area contributed by atoms with Gasteiger partial charge in [-0.2, -0.15) is 0 Å². The fourth-order valence-electron chi connectivity index (χ4n) is 1.98. The number of anilines is 2. The van der Waals surface area contributed by atoms with Gasteiger partial charge in [0.05, 0.1) is 11.7 Å². The van der Waals surface area contributed by atoms with E-state index in [1.165, 1.54) is 5.56 Å². The molecule has 1 atom stereocenters. The summed E-state index contributed by atoms with van der Waals surface area (Å²) >= 11 is 5.91. The SMILES string of the molecule is Cc1ccc(N)c(N(C)C(C)c2ccc(Cl)cc2)n1. The number of hydrogen-bond donors (Lipinski definition) is 1. The lowest BCUT2D eigenvalue weighted by Crippen LogP contribution is -2.23. The van der Waals surface area contributed by atoms with Gasteiger partial charge in [-0.1, -0.05) is 23.7 Å². The van der Waals surface area contributed by atoms with Gasteiger partial charge in [0.1, 0.15) is 0 Å². The van der Waals surface area contributed by atoms with Gasteiger partial charge in [0.15, 0.2) is 5.82 Å². The van der Waals surface area contributed by atoms with Crippen LogP contribution in [0.2, 0.25) is 5.02 Å². The first-order valence-corrected chi connectivity index (χ1v) is 6.58. The zero-order valence-electron chi connectivity index (χ0n) is 11.4. The molecule has 2 rings (SSSR count). The highest BCUT2D eigenvalue weighted by Gasteiger charge is 2.15. The number of hydrogen-bond acceptors (Lipinski definition) is 3. The van der Waals surface area contributed by atoms with Gasteiger partial charge >= 0.3 is 0 Å². The fraction of sp³-hybridized carbons (Fsp3) is 0.267. The standard InChI is InChI=1S/C15H18ClN3/c1-10-4-9-14(17)15(18-10)19(3)11(2)12-5-7-13(16)8-6-12/h4-9,11H,17H2,1-3H3. The summed E-state index contributed by atoms with van der Waals surface area (Å²) < 4.78 is 0. The molecule has 0 aliphatic rings. The number of aromatic nitrogens is 1. The molecule has 1 unspecified atom stereocenters. The molecule has 0 aliphatic heterocycles. The van der Waals surface area contributed by atoms with E-state index in [4.69, 9.17) is 17.3 Å². The van der Waals surface area contributed by atoms with Crippen molar-refractivity contribution >= 4 is 23.1 Å². The number of aryl methyl sites for hydroxylation is 1. The number of halogens is 1. The van der Waals surface area contributed by atoms with Crippen LogP contribution < -0.4 is 10.6 Å². The van der Waals surface area contributed by atoms with Crippen molar-refractivity contribution < 1.29 is 0 Å². The first-order valence-electron chi connectivity index (χ1n) is 6.20. The summed E-state index contributed by atoms with van der Waals surface area (Å²) in [6, 6.07) is 11.8. The topological polar surface area (TPSA) is 42.1 Å². The number of benzene rings is 1. The first kappa shape index (κ1) is 13.7. The van der Waals surface area contributed by atoms with Crippen LogP contribution in [0.1, 0.15) is 24.2 Å². The molecule has 1 heterocycles. The zero-order chi connectivity index (χ0) is 14.0. The fourth-order valence-corrected chi connectivity index (χ4v) is 2.11. The van der Waals surface area contributed by atoms with Crippen molar-refractivity contribution in [2.45, 2.75) is 19.9 Å². The second-order valence-corrected chi connectivity index (χ2v) is 5.14. The molecule has 0 saturated carbocycles. The zero-order valence-corrected chi connectivity index (χ0v) is 12.1. The van der Waals surface area contributed by atoms with E-state index in [0.29, 0.717) is 5.69 Å². The molecule has 0 fully saturated rings. The van der Waals surface area contributed by atoms with Crippen molar-refractivity contribution in [2.75, 3.05) is 17.7 Å². The maximum Gasteiger partial charge on any atom is 0.152 e. The lowest BCUT2D eigenvalue weighted by molar-refractivity contribution is 0.728. The average molecular weight is 276 g/mol. The van der Waals surface area contributed by atoms with Crippen LogP contribution in [0.25, 0.3) is 0 Å². The lowest BCUT2D eigenvalue weighted by Gasteiger charge is -2.27. The van der Waals surface area contributed by atoms with Crippen LogP contribution in [0.4, 0.5) is 11.5 Å². The van der Waals surface area contributed by atoms with Crippen LogP contribution in [0.15, 0.2) is 36.4 Å². The van der Waals surface area contributed by atoms with Crippen LogP contribution in [0.5, 0.6) is 0 Å². The molecule has 2 N–H and O–H groups in total. The molecule has 1 aromatic carbocycles. The van der Waals surface area contributed by atoms with Crippen molar-refractivity contribution in [3.8, 4) is 0 Å². The maximum absolute atomic E-state index is 6.01. The van der Waals surface area contributed by atoms with Crippen molar-refractivity contribution in [1.29, 1.82) is 0 Å². The summed E-state index contributed by atoms with van der Waals surface area (Å²) in [4.78, 5) is 6.59. The second-order valence-electron chi connectivity index (χ2n) is 4.70. The highest BCUT2D eigenvalue weighted by Crippen LogP contribution is 2.28. The Morgan fingerprint density at radius 2 is 1.79 bits per heavy atom. The molecule has 1 aromatic heterocycles. The smallest absolute Gasteiger partial charge is 0.152 e. The Morgan fingerprint density at radius 1 is 1.16 bits per heavy atom. The van der Waals surface area contributed by atoms with Gasteiger partial charge in [-0.25, -0.2) is 4.98 Å². The largest absolute Gasteiger partial charge is 0.396 e. The minimum atomic E-state index is 0.175. The monoisotopic (exact) mass is 275 g/mol. The van der Waals surface area contributed by atoms with Gasteiger partial charge in [0.2, 0.25) is 0 Å². The predicted molar refractivity (Wildman–Crippen MR) is 81.7 cm³/mol. The van der Waals surface area contributed by atoms with E-state index < -0.39 is 0 Å². The third-order valence-corrected chi connectivity index (χ3v) is 3.56. The molecular formula is C15H18ClN3. The van der Waals surface area contributed by atoms with E-state index in [-0.39, 0.29) is 6.04 Å². The maximum atomic E-state index is 6.01. The van der Waals surface area contributed by atoms with E-state index in [1.54, 1.807) is 0 Å². The van der Waals surface area contributed by atoms with Crippen LogP contribution >= 0.6 is 11.6 Å². The highest BCUT2D eigenvalue weighted by molar-refractivity contribution is 6.30. The molecule has 0 bridgehead atoms. The molecule has 0 saturated heterocycles. The van der Waals surface area contributed by atoms with Crippen molar-refractivity contribution in [1.82, 2.24) is 4.98 Å². The van der Waals surface area contributed by atoms with Crippen molar-refractivity contribution in [3.63, 3.8) is 0 Å². The first-order chi connectivity index (χ1) is 8.99. The summed E-state index contributed by atoms with van der Waals surface area (Å²) in [5.74, 6) is 0.808. The van der Waals surface area contributed by atoms with Gasteiger partial charge in [-0.15, -0.1) is 0 Å². The Hall–Kier alpha value is -1.74. The molecule has 100 valence electrons. The molecule has 3 nitrogen and oxygen atoms in total. The molecule has 0 spiro atoms. The molecule has 19 heavy (non-hydrogen) atoms. The number of pyridine rings is 1. The summed E-state index contributed by atoms with van der Waals surface area (Å²) in [7, 11) is 2.00. The quantitative estimate of drug-likeness (QED) is 0.926. The normalized spacial score (nSPS) is 12.2. The third-order valence-electron chi connectivity index (χ3n) is 3.31. The summed E-state index contributed by atoms with van der Waals surface area (Å²) in [6.07, 6.45) is 0. The van der Waals surface area contributed by atoms with E-state index in [0.717, 1.165) is 16.5 Å². The molecular weight excluding hydrogens is 258 g/mol. The Bertz CT molecular complexity index is 566. The van der Waals surface area contributed by atoms with Crippen LogP contribution in [-0.4, -0.2) is 12.0 Å². The number of nitrogen functional groups attached to an aromatic ring is 1. The minimum absolute atomic E-state index is 0.175. The summed E-state index contributed by atoms with van der Waals surface area (Å²) in [6.45, 7) is 4.08. The number of nitrogens with zero attached hydrogens (tertiary/aromatic N) is 2. The van der Waals surface area contributed by atoms with Crippen molar-refractivity contribution in [2.24, 2.45) is 0 Å². The number of nitrogens with two attached hydrogens (primary N) is 1. The Balaban J connectivity index is 2.30. The van der Waals surface area contributed by atoms with Gasteiger partial charge in [-0.05, 0) is 43.7 Å². The third kappa shape index (κ3) is 2.99. The second kappa shape index (κ2) is 5.49. The highest BCUT2D eigenvalue weighted by atomic mass is 35.5. The Labute approximate surface area is 119 Å². The van der Waals surface area contributed by atoms with Gasteiger partial charge < -0.3 is 10.6 Å². The molecule has 0 amide bonds. The lowest BCUT2D eigenvalue weighted by atomic mass is 10.1. The molecule has 0 aliphatic carbocycles.